The molecule has 2 fully saturated rings. The lowest BCUT2D eigenvalue weighted by Crippen LogP contribution is -2.40. The number of hydrogen-bond acceptors (Lipinski definition) is 7. The fraction of sp³-hybridized carbons (Fsp3) is 0.435. The summed E-state index contributed by atoms with van der Waals surface area (Å²) in [6.45, 7) is 5.75. The maximum Gasteiger partial charge on any atom is 0.243 e. The number of ether oxygens (including phenoxy) is 2. The Morgan fingerprint density at radius 3 is 2.27 bits per heavy atom. The van der Waals surface area contributed by atoms with Gasteiger partial charge in [-0.25, -0.2) is 8.42 Å². The van der Waals surface area contributed by atoms with Crippen LogP contribution in [0.2, 0.25) is 0 Å². The van der Waals surface area contributed by atoms with Gasteiger partial charge in [0.15, 0.2) is 0 Å². The molecule has 0 bridgehead atoms. The van der Waals surface area contributed by atoms with Crippen molar-refractivity contribution in [2.45, 2.75) is 22.0 Å². The van der Waals surface area contributed by atoms with Gasteiger partial charge in [0, 0.05) is 31.1 Å². The zero-order valence-electron chi connectivity index (χ0n) is 18.6. The molecule has 33 heavy (non-hydrogen) atoms. The molecule has 0 aromatic heterocycles. The lowest BCUT2D eigenvalue weighted by molar-refractivity contribution is -0.115. The Bertz CT molecular complexity index is 1050. The van der Waals surface area contributed by atoms with Crippen LogP contribution in [0.5, 0.6) is 0 Å². The Hall–Kier alpha value is -2.11. The third-order valence-electron chi connectivity index (χ3n) is 5.61. The van der Waals surface area contributed by atoms with Gasteiger partial charge in [-0.15, -0.1) is 11.8 Å². The Kier molecular flexibility index (Phi) is 7.92. The topological polar surface area (TPSA) is 88.2 Å². The predicted octanol–water partition coefficient (Wildman–Crippen LogP) is 2.66. The Morgan fingerprint density at radius 2 is 1.61 bits per heavy atom. The molecule has 2 aliphatic rings. The first-order valence-electron chi connectivity index (χ1n) is 11.0. The summed E-state index contributed by atoms with van der Waals surface area (Å²) in [5.41, 5.74) is 1.29. The Labute approximate surface area is 199 Å². The fourth-order valence-corrected chi connectivity index (χ4v) is 6.11. The first-order chi connectivity index (χ1) is 15.9. The summed E-state index contributed by atoms with van der Waals surface area (Å²) < 4.78 is 38.6. The third kappa shape index (κ3) is 5.88. The maximum atomic E-state index is 13.2. The van der Waals surface area contributed by atoms with Crippen LogP contribution >= 0.6 is 11.8 Å². The van der Waals surface area contributed by atoms with Gasteiger partial charge in [0.2, 0.25) is 15.9 Å². The summed E-state index contributed by atoms with van der Waals surface area (Å²) in [5, 5.41) is 2.64. The van der Waals surface area contributed by atoms with Gasteiger partial charge in [-0.2, -0.15) is 4.31 Å². The maximum absolute atomic E-state index is 13.2. The minimum absolute atomic E-state index is 0.167. The number of hydrogen-bond donors (Lipinski definition) is 1. The van der Waals surface area contributed by atoms with Gasteiger partial charge in [-0.3, -0.25) is 4.79 Å². The predicted molar refractivity (Wildman–Crippen MR) is 129 cm³/mol. The minimum atomic E-state index is -3.68. The number of thioether (sulfide) groups is 1. The van der Waals surface area contributed by atoms with E-state index >= 15 is 0 Å². The van der Waals surface area contributed by atoms with E-state index in [1.54, 1.807) is 18.2 Å². The molecule has 1 amide bonds. The summed E-state index contributed by atoms with van der Waals surface area (Å²) in [6, 6.07) is 14.7. The molecule has 0 spiro atoms. The molecule has 0 radical (unpaired) electrons. The van der Waals surface area contributed by atoms with E-state index in [2.05, 4.69) is 10.2 Å². The molecule has 0 saturated carbocycles. The number of nitrogens with one attached hydrogen (secondary N) is 1. The van der Waals surface area contributed by atoms with Gasteiger partial charge in [0.25, 0.3) is 0 Å². The molecule has 2 heterocycles. The van der Waals surface area contributed by atoms with E-state index in [4.69, 9.17) is 9.47 Å². The van der Waals surface area contributed by atoms with Gasteiger partial charge >= 0.3 is 0 Å². The zero-order valence-corrected chi connectivity index (χ0v) is 20.2. The number of carbonyl (C=O) groups is 1. The molecule has 1 atom stereocenters. The highest BCUT2D eigenvalue weighted by Crippen LogP contribution is 2.32. The summed E-state index contributed by atoms with van der Waals surface area (Å²) in [4.78, 5) is 16.3. The SMILES string of the molecule is CC(Sc1ccccc1)C(=O)Nc1cc(S(=O)(=O)N2CCOCC2)ccc1N1CCOCC1. The molecule has 1 unspecified atom stereocenters. The van der Waals surface area contributed by atoms with Crippen LogP contribution in [0.4, 0.5) is 11.4 Å². The summed E-state index contributed by atoms with van der Waals surface area (Å²) in [7, 11) is -3.68. The fourth-order valence-electron chi connectivity index (χ4n) is 3.78. The van der Waals surface area contributed by atoms with Gasteiger partial charge < -0.3 is 19.7 Å². The van der Waals surface area contributed by atoms with Crippen LogP contribution in [0, 0.1) is 0 Å². The van der Waals surface area contributed by atoms with Crippen LogP contribution in [0.1, 0.15) is 6.92 Å². The lowest BCUT2D eigenvalue weighted by Gasteiger charge is -2.31. The standard InChI is InChI=1S/C23H29N3O5S2/c1-18(32-19-5-3-2-4-6-19)23(27)24-21-17-20(33(28,29)26-11-15-31-16-12-26)7-8-22(21)25-9-13-30-14-10-25/h2-8,17-18H,9-16H2,1H3,(H,24,27). The molecule has 2 saturated heterocycles. The van der Waals surface area contributed by atoms with E-state index in [9.17, 15) is 13.2 Å². The van der Waals surface area contributed by atoms with Crippen molar-refractivity contribution in [1.29, 1.82) is 0 Å². The summed E-state index contributed by atoms with van der Waals surface area (Å²) in [6.07, 6.45) is 0. The second-order valence-corrected chi connectivity index (χ2v) is 11.2. The number of nitrogens with zero attached hydrogens (tertiary/aromatic N) is 2. The van der Waals surface area contributed by atoms with Crippen LogP contribution in [0.25, 0.3) is 0 Å². The van der Waals surface area contributed by atoms with Crippen molar-refractivity contribution in [3.63, 3.8) is 0 Å². The Balaban J connectivity index is 1.60. The van der Waals surface area contributed by atoms with Crippen molar-refractivity contribution >= 4 is 39.1 Å². The molecule has 2 aliphatic heterocycles. The smallest absolute Gasteiger partial charge is 0.243 e. The number of benzene rings is 2. The van der Waals surface area contributed by atoms with Crippen LogP contribution in [0.3, 0.4) is 0 Å². The third-order valence-corrected chi connectivity index (χ3v) is 8.62. The second kappa shape index (κ2) is 10.9. The first kappa shape index (κ1) is 24.0. The highest BCUT2D eigenvalue weighted by atomic mass is 32.2. The average molecular weight is 492 g/mol. The van der Waals surface area contributed by atoms with Crippen LogP contribution in [-0.4, -0.2) is 76.5 Å². The van der Waals surface area contributed by atoms with E-state index < -0.39 is 10.0 Å². The van der Waals surface area contributed by atoms with Gasteiger partial charge in [0.1, 0.15) is 0 Å². The number of rotatable bonds is 7. The molecular formula is C23H29N3O5S2. The van der Waals surface area contributed by atoms with E-state index in [1.807, 2.05) is 37.3 Å². The number of anilines is 2. The first-order valence-corrected chi connectivity index (χ1v) is 13.3. The highest BCUT2D eigenvalue weighted by Gasteiger charge is 2.28. The van der Waals surface area contributed by atoms with Crippen LogP contribution in [-0.2, 0) is 24.3 Å². The summed E-state index contributed by atoms with van der Waals surface area (Å²) in [5.74, 6) is -0.181. The molecule has 178 valence electrons. The average Bonchev–Trinajstić information content (AvgIpc) is 2.85. The van der Waals surface area contributed by atoms with Crippen LogP contribution < -0.4 is 10.2 Å². The molecule has 0 aliphatic carbocycles. The molecule has 1 N–H and O–H groups in total. The largest absolute Gasteiger partial charge is 0.379 e. The monoisotopic (exact) mass is 491 g/mol. The number of carbonyl (C=O) groups excluding carboxylic acids is 1. The molecule has 8 nitrogen and oxygen atoms in total. The molecule has 10 heteroatoms. The van der Waals surface area contributed by atoms with Gasteiger partial charge in [-0.1, -0.05) is 18.2 Å². The van der Waals surface area contributed by atoms with Crippen molar-refractivity contribution in [2.75, 3.05) is 62.8 Å². The van der Waals surface area contributed by atoms with E-state index in [-0.39, 0.29) is 16.1 Å². The zero-order chi connectivity index (χ0) is 23.3. The molecule has 2 aromatic carbocycles. The minimum Gasteiger partial charge on any atom is -0.379 e. The Morgan fingerprint density at radius 1 is 0.970 bits per heavy atom. The summed E-state index contributed by atoms with van der Waals surface area (Å²) >= 11 is 1.46. The van der Waals surface area contributed by atoms with E-state index in [1.165, 1.54) is 16.1 Å². The van der Waals surface area contributed by atoms with Gasteiger partial charge in [-0.05, 0) is 37.3 Å². The number of sulfonamides is 1. The molecular weight excluding hydrogens is 462 g/mol. The van der Waals surface area contributed by atoms with Crippen LogP contribution in [0.15, 0.2) is 58.3 Å². The van der Waals surface area contributed by atoms with Crippen molar-refractivity contribution in [2.24, 2.45) is 0 Å². The number of amides is 1. The normalized spacial score (nSPS) is 18.6. The number of morpholine rings is 2. The van der Waals surface area contributed by atoms with Crippen molar-refractivity contribution in [3.05, 3.63) is 48.5 Å². The van der Waals surface area contributed by atoms with Crippen molar-refractivity contribution in [1.82, 2.24) is 4.31 Å². The highest BCUT2D eigenvalue weighted by molar-refractivity contribution is 8.00. The quantitative estimate of drug-likeness (QED) is 0.596. The van der Waals surface area contributed by atoms with Crippen molar-refractivity contribution in [3.8, 4) is 0 Å². The van der Waals surface area contributed by atoms with E-state index in [0.29, 0.717) is 58.3 Å². The second-order valence-electron chi connectivity index (χ2n) is 7.86. The molecule has 4 rings (SSSR count). The van der Waals surface area contributed by atoms with Gasteiger partial charge in [0.05, 0.1) is 47.9 Å². The molecule has 2 aromatic rings. The lowest BCUT2D eigenvalue weighted by atomic mass is 10.2. The van der Waals surface area contributed by atoms with E-state index in [0.717, 1.165) is 10.6 Å². The van der Waals surface area contributed by atoms with Crippen molar-refractivity contribution < 1.29 is 22.7 Å².